The fraction of sp³-hybridized carbons (Fsp3) is 0.0588. The lowest BCUT2D eigenvalue weighted by Gasteiger charge is -2.02. The van der Waals surface area contributed by atoms with E-state index >= 15 is 0 Å². The van der Waals surface area contributed by atoms with Gasteiger partial charge in [-0.2, -0.15) is 10.2 Å². The van der Waals surface area contributed by atoms with E-state index in [1.807, 2.05) is 24.3 Å². The van der Waals surface area contributed by atoms with Crippen LogP contribution in [0.2, 0.25) is 0 Å². The Morgan fingerprint density at radius 2 is 2.08 bits per heavy atom. The number of carbonyl (C=O) groups is 1. The third-order valence-corrected chi connectivity index (χ3v) is 3.34. The molecule has 0 saturated heterocycles. The number of aromatic amines is 1. The molecule has 24 heavy (non-hydrogen) atoms. The van der Waals surface area contributed by atoms with Crippen molar-refractivity contribution < 1.29 is 9.53 Å². The number of nitrogens with zero attached hydrogens (tertiary/aromatic N) is 3. The molecule has 3 aromatic rings. The summed E-state index contributed by atoms with van der Waals surface area (Å²) in [4.78, 5) is 15.8. The predicted molar refractivity (Wildman–Crippen MR) is 89.9 cm³/mol. The highest BCUT2D eigenvalue weighted by Gasteiger charge is 2.07. The molecule has 7 nitrogen and oxygen atoms in total. The second-order valence-electron chi connectivity index (χ2n) is 4.87. The van der Waals surface area contributed by atoms with Gasteiger partial charge in [0.15, 0.2) is 0 Å². The fourth-order valence-electron chi connectivity index (χ4n) is 2.10. The van der Waals surface area contributed by atoms with Crippen LogP contribution in [0.1, 0.15) is 15.9 Å². The lowest BCUT2D eigenvalue weighted by atomic mass is 10.1. The Balaban J connectivity index is 1.72. The summed E-state index contributed by atoms with van der Waals surface area (Å²) in [6, 6.07) is 10.9. The van der Waals surface area contributed by atoms with Gasteiger partial charge in [-0.25, -0.2) is 5.43 Å². The van der Waals surface area contributed by atoms with Gasteiger partial charge in [0.25, 0.3) is 5.91 Å². The number of methoxy groups -OCH3 is 1. The Hall–Kier alpha value is -3.48. The van der Waals surface area contributed by atoms with Crippen LogP contribution in [-0.4, -0.2) is 34.4 Å². The van der Waals surface area contributed by atoms with E-state index in [9.17, 15) is 4.79 Å². The highest BCUT2D eigenvalue weighted by molar-refractivity contribution is 5.95. The molecule has 0 spiro atoms. The lowest BCUT2D eigenvalue weighted by Crippen LogP contribution is -2.17. The van der Waals surface area contributed by atoms with Gasteiger partial charge in [0.2, 0.25) is 0 Å². The van der Waals surface area contributed by atoms with Gasteiger partial charge in [-0.1, -0.05) is 0 Å². The van der Waals surface area contributed by atoms with E-state index in [1.165, 1.54) is 12.4 Å². The van der Waals surface area contributed by atoms with Crippen molar-refractivity contribution in [3.8, 4) is 17.0 Å². The summed E-state index contributed by atoms with van der Waals surface area (Å²) in [6.45, 7) is 0. The van der Waals surface area contributed by atoms with Crippen molar-refractivity contribution in [1.29, 1.82) is 0 Å². The second-order valence-corrected chi connectivity index (χ2v) is 4.87. The zero-order valence-electron chi connectivity index (χ0n) is 12.9. The summed E-state index contributed by atoms with van der Waals surface area (Å²) in [5.41, 5.74) is 5.40. The van der Waals surface area contributed by atoms with Crippen LogP contribution in [0.5, 0.6) is 5.75 Å². The molecule has 0 bridgehead atoms. The van der Waals surface area contributed by atoms with Crippen LogP contribution >= 0.6 is 0 Å². The number of hydrogen-bond donors (Lipinski definition) is 2. The minimum Gasteiger partial charge on any atom is -0.497 e. The summed E-state index contributed by atoms with van der Waals surface area (Å²) in [5.74, 6) is 0.450. The number of hydrogen-bond acceptors (Lipinski definition) is 5. The molecule has 120 valence electrons. The van der Waals surface area contributed by atoms with E-state index < -0.39 is 0 Å². The average Bonchev–Trinajstić information content (AvgIpc) is 3.11. The average molecular weight is 321 g/mol. The Morgan fingerprint density at radius 3 is 2.79 bits per heavy atom. The van der Waals surface area contributed by atoms with Gasteiger partial charge in [0.05, 0.1) is 30.8 Å². The van der Waals surface area contributed by atoms with Gasteiger partial charge in [-0.15, -0.1) is 0 Å². The molecule has 0 aliphatic carbocycles. The minimum atomic E-state index is -0.325. The standard InChI is InChI=1S/C17H15N5O2/c1-24-15-6-4-12(5-7-15)16-14(10-19-21-16)11-20-22-17(23)13-3-2-8-18-9-13/h2-11H,1H3,(H,19,21)(H,22,23)/b20-11-. The first kappa shape index (κ1) is 15.4. The molecule has 1 amide bonds. The molecule has 1 aromatic carbocycles. The lowest BCUT2D eigenvalue weighted by molar-refractivity contribution is 0.0955. The van der Waals surface area contributed by atoms with Gasteiger partial charge >= 0.3 is 0 Å². The van der Waals surface area contributed by atoms with Crippen LogP contribution in [0.4, 0.5) is 0 Å². The largest absolute Gasteiger partial charge is 0.497 e. The molecule has 0 atom stereocenters. The molecule has 2 heterocycles. The number of nitrogens with one attached hydrogen (secondary N) is 2. The van der Waals surface area contributed by atoms with Gasteiger partial charge in [-0.3, -0.25) is 14.9 Å². The van der Waals surface area contributed by atoms with Gasteiger partial charge < -0.3 is 4.74 Å². The first-order valence-corrected chi connectivity index (χ1v) is 7.19. The summed E-state index contributed by atoms with van der Waals surface area (Å²) < 4.78 is 5.15. The van der Waals surface area contributed by atoms with Gasteiger partial charge in [0.1, 0.15) is 5.75 Å². The normalized spacial score (nSPS) is 10.7. The molecule has 0 aliphatic rings. The Morgan fingerprint density at radius 1 is 1.25 bits per heavy atom. The van der Waals surface area contributed by atoms with Crippen molar-refractivity contribution in [1.82, 2.24) is 20.6 Å². The molecule has 0 aliphatic heterocycles. The van der Waals surface area contributed by atoms with Crippen molar-refractivity contribution in [2.24, 2.45) is 5.10 Å². The summed E-state index contributed by atoms with van der Waals surface area (Å²) >= 11 is 0. The van der Waals surface area contributed by atoms with Crippen LogP contribution in [0.15, 0.2) is 60.1 Å². The van der Waals surface area contributed by atoms with Crippen molar-refractivity contribution in [3.05, 3.63) is 66.1 Å². The van der Waals surface area contributed by atoms with Crippen LogP contribution in [-0.2, 0) is 0 Å². The number of pyridine rings is 1. The van der Waals surface area contributed by atoms with Crippen LogP contribution in [0, 0.1) is 0 Å². The van der Waals surface area contributed by atoms with Crippen molar-refractivity contribution in [2.75, 3.05) is 7.11 Å². The quantitative estimate of drug-likeness (QED) is 0.557. The molecular weight excluding hydrogens is 306 g/mol. The van der Waals surface area contributed by atoms with Crippen LogP contribution in [0.25, 0.3) is 11.3 Å². The SMILES string of the molecule is COc1ccc(-c2[nH]ncc2/C=N\NC(=O)c2cccnc2)cc1. The number of hydrazone groups is 1. The van der Waals surface area contributed by atoms with E-state index in [0.717, 1.165) is 22.6 Å². The Bertz CT molecular complexity index is 841. The van der Waals surface area contributed by atoms with Gasteiger partial charge in [0, 0.05) is 23.5 Å². The van der Waals surface area contributed by atoms with E-state index in [0.29, 0.717) is 5.56 Å². The first-order chi connectivity index (χ1) is 11.8. The van der Waals surface area contributed by atoms with Crippen LogP contribution in [0.3, 0.4) is 0 Å². The van der Waals surface area contributed by atoms with Gasteiger partial charge in [-0.05, 0) is 36.4 Å². The molecule has 0 radical (unpaired) electrons. The molecule has 0 unspecified atom stereocenters. The highest BCUT2D eigenvalue weighted by Crippen LogP contribution is 2.22. The highest BCUT2D eigenvalue weighted by atomic mass is 16.5. The van der Waals surface area contributed by atoms with Crippen LogP contribution < -0.4 is 10.2 Å². The topological polar surface area (TPSA) is 92.3 Å². The smallest absolute Gasteiger partial charge is 0.272 e. The maximum atomic E-state index is 11.9. The summed E-state index contributed by atoms with van der Waals surface area (Å²) in [6.07, 6.45) is 6.26. The van der Waals surface area contributed by atoms with Crippen molar-refractivity contribution in [3.63, 3.8) is 0 Å². The molecule has 0 saturated carbocycles. The number of amides is 1. The zero-order valence-corrected chi connectivity index (χ0v) is 12.9. The predicted octanol–water partition coefficient (Wildman–Crippen LogP) is 2.24. The van der Waals surface area contributed by atoms with E-state index in [-0.39, 0.29) is 5.91 Å². The third kappa shape index (κ3) is 3.46. The van der Waals surface area contributed by atoms with Crippen molar-refractivity contribution in [2.45, 2.75) is 0 Å². The second kappa shape index (κ2) is 7.19. The number of benzene rings is 1. The minimum absolute atomic E-state index is 0.325. The monoisotopic (exact) mass is 321 g/mol. The number of ether oxygens (including phenoxy) is 1. The molecule has 0 fully saturated rings. The maximum absolute atomic E-state index is 11.9. The number of H-pyrrole nitrogens is 1. The first-order valence-electron chi connectivity index (χ1n) is 7.19. The molecule has 3 rings (SSSR count). The molecule has 2 N–H and O–H groups in total. The third-order valence-electron chi connectivity index (χ3n) is 3.34. The number of rotatable bonds is 5. The zero-order chi connectivity index (χ0) is 16.8. The van der Waals surface area contributed by atoms with E-state index in [2.05, 4.69) is 25.7 Å². The summed E-state index contributed by atoms with van der Waals surface area (Å²) in [7, 11) is 1.62. The fourth-order valence-corrected chi connectivity index (χ4v) is 2.10. The van der Waals surface area contributed by atoms with E-state index in [4.69, 9.17) is 4.74 Å². The number of carbonyl (C=O) groups excluding carboxylic acids is 1. The van der Waals surface area contributed by atoms with Crippen molar-refractivity contribution >= 4 is 12.1 Å². The number of aromatic nitrogens is 3. The Kier molecular flexibility index (Phi) is 4.62. The van der Waals surface area contributed by atoms with E-state index in [1.54, 1.807) is 31.6 Å². The molecule has 7 heteroatoms. The Labute approximate surface area is 138 Å². The molecule has 2 aromatic heterocycles. The summed E-state index contributed by atoms with van der Waals surface area (Å²) in [5, 5.41) is 10.9. The maximum Gasteiger partial charge on any atom is 0.272 e. The molecular formula is C17H15N5O2.